The molecule has 2 nitrogen and oxygen atoms in total. The van der Waals surface area contributed by atoms with Crippen molar-refractivity contribution >= 4 is 0 Å². The van der Waals surface area contributed by atoms with Gasteiger partial charge in [-0.05, 0) is 58.3 Å². The van der Waals surface area contributed by atoms with Crippen LogP contribution in [0.4, 0.5) is 13.2 Å². The van der Waals surface area contributed by atoms with E-state index in [1.807, 2.05) is 0 Å². The Hall–Kier alpha value is -0.290. The minimum atomic E-state index is -4.04. The molecule has 0 aromatic heterocycles. The normalized spacial score (nSPS) is 29.6. The summed E-state index contributed by atoms with van der Waals surface area (Å²) >= 11 is 0. The number of halogens is 3. The number of nitrogens with one attached hydrogen (secondary N) is 1. The van der Waals surface area contributed by atoms with Crippen molar-refractivity contribution in [2.45, 2.75) is 63.6 Å². The van der Waals surface area contributed by atoms with Gasteiger partial charge in [-0.1, -0.05) is 19.3 Å². The van der Waals surface area contributed by atoms with E-state index in [0.717, 1.165) is 38.9 Å². The smallest absolute Gasteiger partial charge is 0.313 e. The van der Waals surface area contributed by atoms with Gasteiger partial charge in [-0.3, -0.25) is 0 Å². The summed E-state index contributed by atoms with van der Waals surface area (Å²) in [6, 6.07) is -0.356. The largest absolute Gasteiger partial charge is 0.393 e. The van der Waals surface area contributed by atoms with Gasteiger partial charge in [-0.15, -0.1) is 0 Å². The average Bonchev–Trinajstić information content (AvgIpc) is 2.44. The summed E-state index contributed by atoms with van der Waals surface area (Å²) in [7, 11) is 0. The molecule has 1 heterocycles. The molecule has 5 heteroatoms. The quantitative estimate of drug-likeness (QED) is 0.779. The van der Waals surface area contributed by atoms with Crippen LogP contribution in [0.1, 0.15) is 51.4 Å². The first-order valence-electron chi connectivity index (χ1n) is 8.10. The molecular formula is C15H27F3N2. The topological polar surface area (TPSA) is 15.3 Å². The van der Waals surface area contributed by atoms with Crippen LogP contribution in [0.3, 0.4) is 0 Å². The highest BCUT2D eigenvalue weighted by Crippen LogP contribution is 2.37. The van der Waals surface area contributed by atoms with E-state index in [0.29, 0.717) is 19.4 Å². The van der Waals surface area contributed by atoms with E-state index in [4.69, 9.17) is 0 Å². The number of likely N-dealkylation sites (tertiary alicyclic amines) is 1. The van der Waals surface area contributed by atoms with Gasteiger partial charge in [0.25, 0.3) is 0 Å². The maximum absolute atomic E-state index is 12.9. The molecule has 20 heavy (non-hydrogen) atoms. The van der Waals surface area contributed by atoms with Crippen molar-refractivity contribution < 1.29 is 13.2 Å². The van der Waals surface area contributed by atoms with Crippen molar-refractivity contribution in [1.82, 2.24) is 10.2 Å². The molecule has 1 aliphatic heterocycles. The predicted octanol–water partition coefficient (Wildman–Crippen LogP) is 3.57. The molecule has 2 rings (SSSR count). The third kappa shape index (κ3) is 4.92. The summed E-state index contributed by atoms with van der Waals surface area (Å²) in [6.07, 6.45) is 3.40. The van der Waals surface area contributed by atoms with Crippen LogP contribution in [0.25, 0.3) is 0 Å². The molecule has 1 saturated heterocycles. The van der Waals surface area contributed by atoms with Crippen molar-refractivity contribution in [3.05, 3.63) is 0 Å². The number of hydrogen-bond acceptors (Lipinski definition) is 2. The number of alkyl halides is 3. The lowest BCUT2D eigenvalue weighted by atomic mass is 9.84. The van der Waals surface area contributed by atoms with E-state index >= 15 is 0 Å². The molecule has 2 aliphatic rings. The summed E-state index contributed by atoms with van der Waals surface area (Å²) in [5.74, 6) is -1.13. The third-order valence-corrected chi connectivity index (χ3v) is 4.69. The predicted molar refractivity (Wildman–Crippen MR) is 74.7 cm³/mol. The monoisotopic (exact) mass is 292 g/mol. The molecule has 0 aromatic rings. The van der Waals surface area contributed by atoms with Gasteiger partial charge in [0.05, 0.1) is 5.92 Å². The summed E-state index contributed by atoms with van der Waals surface area (Å²) in [6.45, 7) is 4.06. The average molecular weight is 292 g/mol. The molecule has 0 aromatic carbocycles. The Morgan fingerprint density at radius 2 is 1.65 bits per heavy atom. The van der Waals surface area contributed by atoms with Crippen LogP contribution in [0, 0.1) is 5.92 Å². The minimum absolute atomic E-state index is 0.299. The molecule has 1 saturated carbocycles. The molecule has 1 aliphatic carbocycles. The fourth-order valence-electron chi connectivity index (χ4n) is 3.54. The first-order valence-corrected chi connectivity index (χ1v) is 8.10. The van der Waals surface area contributed by atoms with Gasteiger partial charge in [0.15, 0.2) is 0 Å². The van der Waals surface area contributed by atoms with Gasteiger partial charge < -0.3 is 10.2 Å². The van der Waals surface area contributed by atoms with E-state index in [2.05, 4.69) is 10.2 Å². The molecular weight excluding hydrogens is 265 g/mol. The Morgan fingerprint density at radius 1 is 0.950 bits per heavy atom. The van der Waals surface area contributed by atoms with Crippen LogP contribution in [0.5, 0.6) is 0 Å². The fraction of sp³-hybridized carbons (Fsp3) is 1.00. The second-order valence-electron chi connectivity index (χ2n) is 6.25. The number of nitrogens with zero attached hydrogens (tertiary/aromatic N) is 1. The van der Waals surface area contributed by atoms with Gasteiger partial charge >= 0.3 is 6.18 Å². The summed E-state index contributed by atoms with van der Waals surface area (Å²) in [4.78, 5) is 2.44. The van der Waals surface area contributed by atoms with Crippen molar-refractivity contribution in [1.29, 1.82) is 0 Å². The van der Waals surface area contributed by atoms with Crippen LogP contribution in [0.2, 0.25) is 0 Å². The van der Waals surface area contributed by atoms with Crippen LogP contribution >= 0.6 is 0 Å². The molecule has 1 N–H and O–H groups in total. The van der Waals surface area contributed by atoms with Crippen LogP contribution in [-0.2, 0) is 0 Å². The highest BCUT2D eigenvalue weighted by atomic mass is 19.4. The van der Waals surface area contributed by atoms with E-state index in [-0.39, 0.29) is 6.04 Å². The Morgan fingerprint density at radius 3 is 2.35 bits per heavy atom. The van der Waals surface area contributed by atoms with Crippen LogP contribution in [-0.4, -0.2) is 43.3 Å². The van der Waals surface area contributed by atoms with Gasteiger partial charge in [-0.2, -0.15) is 13.2 Å². The van der Waals surface area contributed by atoms with Gasteiger partial charge in [0, 0.05) is 6.04 Å². The molecule has 2 atom stereocenters. The lowest BCUT2D eigenvalue weighted by Gasteiger charge is -2.34. The molecule has 0 radical (unpaired) electrons. The van der Waals surface area contributed by atoms with Gasteiger partial charge in [0.2, 0.25) is 0 Å². The van der Waals surface area contributed by atoms with Crippen molar-refractivity contribution in [3.63, 3.8) is 0 Å². The standard InChI is InChI=1S/C15H27F3N2/c16-15(17,18)13-7-2-3-8-14(13)19-9-6-12-20-10-4-1-5-11-20/h13-14,19H,1-12H2. The Bertz CT molecular complexity index is 275. The van der Waals surface area contributed by atoms with Crippen LogP contribution < -0.4 is 5.32 Å². The van der Waals surface area contributed by atoms with Crippen molar-refractivity contribution in [2.24, 2.45) is 5.92 Å². The summed E-state index contributed by atoms with van der Waals surface area (Å²) in [5, 5.41) is 3.17. The lowest BCUT2D eigenvalue weighted by molar-refractivity contribution is -0.188. The zero-order chi connectivity index (χ0) is 14.4. The number of rotatable bonds is 5. The molecule has 2 fully saturated rings. The first kappa shape index (κ1) is 16.1. The second kappa shape index (κ2) is 7.64. The maximum Gasteiger partial charge on any atom is 0.393 e. The molecule has 118 valence electrons. The van der Waals surface area contributed by atoms with E-state index in [1.165, 1.54) is 19.3 Å². The second-order valence-corrected chi connectivity index (χ2v) is 6.25. The zero-order valence-electron chi connectivity index (χ0n) is 12.2. The van der Waals surface area contributed by atoms with Crippen LogP contribution in [0.15, 0.2) is 0 Å². The molecule has 0 amide bonds. The highest BCUT2D eigenvalue weighted by molar-refractivity contribution is 4.85. The molecule has 2 unspecified atom stereocenters. The molecule has 0 spiro atoms. The SMILES string of the molecule is FC(F)(F)C1CCCCC1NCCCN1CCCCC1. The van der Waals surface area contributed by atoms with Crippen molar-refractivity contribution in [2.75, 3.05) is 26.2 Å². The highest BCUT2D eigenvalue weighted by Gasteiger charge is 2.45. The van der Waals surface area contributed by atoms with E-state index < -0.39 is 12.1 Å². The van der Waals surface area contributed by atoms with E-state index in [1.54, 1.807) is 0 Å². The number of hydrogen-bond donors (Lipinski definition) is 1. The van der Waals surface area contributed by atoms with Gasteiger partial charge in [0.1, 0.15) is 0 Å². The summed E-state index contributed by atoms with van der Waals surface area (Å²) < 4.78 is 38.8. The third-order valence-electron chi connectivity index (χ3n) is 4.69. The Balaban J connectivity index is 1.66. The Kier molecular flexibility index (Phi) is 6.15. The maximum atomic E-state index is 12.9. The zero-order valence-corrected chi connectivity index (χ0v) is 12.2. The lowest BCUT2D eigenvalue weighted by Crippen LogP contribution is -2.46. The minimum Gasteiger partial charge on any atom is -0.313 e. The molecule has 0 bridgehead atoms. The van der Waals surface area contributed by atoms with Gasteiger partial charge in [-0.25, -0.2) is 0 Å². The first-order chi connectivity index (χ1) is 9.57. The summed E-state index contributed by atoms with van der Waals surface area (Å²) in [5.41, 5.74) is 0. The fourth-order valence-corrected chi connectivity index (χ4v) is 3.54. The number of piperidine rings is 1. The van der Waals surface area contributed by atoms with Crippen molar-refractivity contribution in [3.8, 4) is 0 Å². The Labute approximate surface area is 120 Å². The van der Waals surface area contributed by atoms with E-state index in [9.17, 15) is 13.2 Å².